The topological polar surface area (TPSA) is 93.1 Å². The number of nitrogens with one attached hydrogen (secondary N) is 1. The van der Waals surface area contributed by atoms with Crippen LogP contribution >= 0.6 is 0 Å². The largest absolute Gasteiger partial charge is 0.481 e. The van der Waals surface area contributed by atoms with Gasteiger partial charge in [0, 0.05) is 39.3 Å². The molecule has 1 rings (SSSR count). The smallest absolute Gasteiger partial charge is 0.317 e. The molecule has 0 radical (unpaired) electrons. The van der Waals surface area contributed by atoms with Crippen molar-refractivity contribution >= 4 is 12.0 Å². The van der Waals surface area contributed by atoms with Crippen molar-refractivity contribution in [1.29, 1.82) is 0 Å². The molecular formula is C14H27N3O4. The average molecular weight is 301 g/mol. The van der Waals surface area contributed by atoms with Crippen LogP contribution in [0.5, 0.6) is 0 Å². The van der Waals surface area contributed by atoms with Gasteiger partial charge in [-0.15, -0.1) is 0 Å². The quantitative estimate of drug-likeness (QED) is 0.624. The molecule has 1 fully saturated rings. The van der Waals surface area contributed by atoms with Crippen LogP contribution in [0.25, 0.3) is 0 Å². The zero-order valence-electron chi connectivity index (χ0n) is 13.0. The first-order valence-electron chi connectivity index (χ1n) is 7.58. The predicted octanol–water partition coefficient (Wildman–Crippen LogP) is 0.197. The molecule has 0 spiro atoms. The fraction of sp³-hybridized carbons (Fsp3) is 0.857. The number of aliphatic hydroxyl groups is 1. The van der Waals surface area contributed by atoms with Gasteiger partial charge in [-0.2, -0.15) is 0 Å². The third-order valence-electron chi connectivity index (χ3n) is 4.46. The second-order valence-corrected chi connectivity index (χ2v) is 5.50. The lowest BCUT2D eigenvalue weighted by Crippen LogP contribution is -2.54. The Labute approximate surface area is 125 Å². The fourth-order valence-electron chi connectivity index (χ4n) is 2.55. The molecule has 0 bridgehead atoms. The maximum atomic E-state index is 12.1. The summed E-state index contributed by atoms with van der Waals surface area (Å²) in [4.78, 5) is 27.3. The molecule has 1 saturated heterocycles. The van der Waals surface area contributed by atoms with Gasteiger partial charge in [-0.1, -0.05) is 13.8 Å². The normalized spacial score (nSPS) is 16.8. The molecule has 1 aliphatic heterocycles. The molecule has 0 saturated carbocycles. The maximum Gasteiger partial charge on any atom is 0.317 e. The van der Waals surface area contributed by atoms with Gasteiger partial charge in [0.2, 0.25) is 0 Å². The number of β-amino-alcohol motifs (C(OH)–C–C–N with tert-alkyl or cyclic N) is 1. The van der Waals surface area contributed by atoms with Crippen LogP contribution < -0.4 is 5.32 Å². The lowest BCUT2D eigenvalue weighted by Gasteiger charge is -2.35. The van der Waals surface area contributed by atoms with Crippen LogP contribution in [-0.2, 0) is 4.79 Å². The van der Waals surface area contributed by atoms with Gasteiger partial charge >= 0.3 is 12.0 Å². The Morgan fingerprint density at radius 1 is 1.14 bits per heavy atom. The van der Waals surface area contributed by atoms with Gasteiger partial charge in [0.05, 0.1) is 12.0 Å². The molecule has 21 heavy (non-hydrogen) atoms. The van der Waals surface area contributed by atoms with Crippen LogP contribution in [0, 0.1) is 5.41 Å². The number of hydrogen-bond donors (Lipinski definition) is 3. The van der Waals surface area contributed by atoms with E-state index < -0.39 is 11.4 Å². The highest BCUT2D eigenvalue weighted by molar-refractivity contribution is 5.78. The Morgan fingerprint density at radius 3 is 2.14 bits per heavy atom. The number of carboxylic acids is 1. The van der Waals surface area contributed by atoms with E-state index in [0.29, 0.717) is 32.5 Å². The van der Waals surface area contributed by atoms with Gasteiger partial charge in [-0.05, 0) is 12.8 Å². The van der Waals surface area contributed by atoms with Gasteiger partial charge in [0.1, 0.15) is 0 Å². The average Bonchev–Trinajstić information content (AvgIpc) is 2.49. The van der Waals surface area contributed by atoms with Gasteiger partial charge < -0.3 is 20.4 Å². The summed E-state index contributed by atoms with van der Waals surface area (Å²) >= 11 is 0. The number of hydrogen-bond acceptors (Lipinski definition) is 4. The lowest BCUT2D eigenvalue weighted by molar-refractivity contribution is -0.149. The summed E-state index contributed by atoms with van der Waals surface area (Å²) in [6, 6.07) is -0.203. The van der Waals surface area contributed by atoms with Crippen molar-refractivity contribution in [3.05, 3.63) is 0 Å². The van der Waals surface area contributed by atoms with Gasteiger partial charge in [0.25, 0.3) is 0 Å². The van der Waals surface area contributed by atoms with E-state index in [2.05, 4.69) is 10.2 Å². The summed E-state index contributed by atoms with van der Waals surface area (Å²) in [7, 11) is 0. The first-order chi connectivity index (χ1) is 9.99. The molecule has 122 valence electrons. The van der Waals surface area contributed by atoms with Crippen molar-refractivity contribution in [3.8, 4) is 0 Å². The number of carboxylic acid groups (broad SMARTS) is 1. The molecule has 0 aromatic carbocycles. The fourth-order valence-corrected chi connectivity index (χ4v) is 2.55. The number of amides is 2. The second kappa shape index (κ2) is 8.19. The Hall–Kier alpha value is -1.34. The Morgan fingerprint density at radius 2 is 1.71 bits per heavy atom. The lowest BCUT2D eigenvalue weighted by atomic mass is 9.82. The van der Waals surface area contributed by atoms with Crippen LogP contribution in [0.3, 0.4) is 0 Å². The van der Waals surface area contributed by atoms with E-state index in [9.17, 15) is 14.7 Å². The van der Waals surface area contributed by atoms with Crippen molar-refractivity contribution in [2.45, 2.75) is 26.7 Å². The molecule has 7 nitrogen and oxygen atoms in total. The van der Waals surface area contributed by atoms with E-state index in [1.54, 1.807) is 4.90 Å². The molecule has 0 atom stereocenters. The van der Waals surface area contributed by atoms with Crippen LogP contribution in [0.2, 0.25) is 0 Å². The van der Waals surface area contributed by atoms with Crippen LogP contribution in [0.4, 0.5) is 4.79 Å². The number of carbonyl (C=O) groups is 2. The van der Waals surface area contributed by atoms with Crippen LogP contribution in [-0.4, -0.2) is 77.9 Å². The molecule has 1 heterocycles. The Kier molecular flexibility index (Phi) is 6.91. The van der Waals surface area contributed by atoms with Crippen molar-refractivity contribution in [1.82, 2.24) is 15.1 Å². The summed E-state index contributed by atoms with van der Waals surface area (Å²) in [5.74, 6) is -0.861. The van der Waals surface area contributed by atoms with Crippen molar-refractivity contribution in [2.75, 3.05) is 45.9 Å². The van der Waals surface area contributed by atoms with Crippen molar-refractivity contribution in [2.24, 2.45) is 5.41 Å². The monoisotopic (exact) mass is 301 g/mol. The molecule has 0 aromatic heterocycles. The molecule has 0 aromatic rings. The molecule has 0 unspecified atom stereocenters. The number of urea groups is 1. The van der Waals surface area contributed by atoms with E-state index in [1.807, 2.05) is 13.8 Å². The highest BCUT2D eigenvalue weighted by Crippen LogP contribution is 2.25. The van der Waals surface area contributed by atoms with E-state index in [1.165, 1.54) is 0 Å². The van der Waals surface area contributed by atoms with Gasteiger partial charge in [0.15, 0.2) is 0 Å². The summed E-state index contributed by atoms with van der Waals surface area (Å²) < 4.78 is 0. The third-order valence-corrected chi connectivity index (χ3v) is 4.46. The van der Waals surface area contributed by atoms with Crippen molar-refractivity contribution < 1.29 is 19.8 Å². The van der Waals surface area contributed by atoms with E-state index in [0.717, 1.165) is 13.1 Å². The second-order valence-electron chi connectivity index (χ2n) is 5.50. The van der Waals surface area contributed by atoms with Gasteiger partial charge in [-0.25, -0.2) is 4.79 Å². The minimum absolute atomic E-state index is 0.125. The number of aliphatic hydroxyl groups excluding tert-OH is 1. The number of piperazine rings is 1. The molecule has 0 aliphatic carbocycles. The van der Waals surface area contributed by atoms with Crippen LogP contribution in [0.1, 0.15) is 26.7 Å². The predicted molar refractivity (Wildman–Crippen MR) is 79.1 cm³/mol. The highest BCUT2D eigenvalue weighted by atomic mass is 16.4. The third kappa shape index (κ3) is 4.57. The first kappa shape index (κ1) is 17.7. The van der Waals surface area contributed by atoms with Crippen LogP contribution in [0.15, 0.2) is 0 Å². The number of nitrogens with zero attached hydrogens (tertiary/aromatic N) is 2. The molecule has 1 aliphatic rings. The summed E-state index contributed by atoms with van der Waals surface area (Å²) in [5, 5.41) is 21.0. The maximum absolute atomic E-state index is 12.1. The molecule has 2 amide bonds. The SMILES string of the molecule is CCC(CC)(CNC(=O)N1CCN(CCO)CC1)C(=O)O. The van der Waals surface area contributed by atoms with E-state index in [-0.39, 0.29) is 19.2 Å². The summed E-state index contributed by atoms with van der Waals surface area (Å²) in [6.45, 7) is 7.25. The standard InChI is InChI=1S/C14H27N3O4/c1-3-14(4-2,12(19)20)11-15-13(21)17-7-5-16(6-8-17)9-10-18/h18H,3-11H2,1-2H3,(H,15,21)(H,19,20). The summed E-state index contributed by atoms with van der Waals surface area (Å²) in [5.41, 5.74) is -0.881. The highest BCUT2D eigenvalue weighted by Gasteiger charge is 2.35. The number of carbonyl (C=O) groups excluding carboxylic acids is 1. The zero-order valence-corrected chi connectivity index (χ0v) is 13.0. The zero-order chi connectivity index (χ0) is 15.9. The Bertz CT molecular complexity index is 350. The number of aliphatic carboxylic acids is 1. The number of rotatable bonds is 7. The van der Waals surface area contributed by atoms with E-state index >= 15 is 0 Å². The van der Waals surface area contributed by atoms with Crippen molar-refractivity contribution in [3.63, 3.8) is 0 Å². The molecular weight excluding hydrogens is 274 g/mol. The Balaban J connectivity index is 2.45. The molecule has 7 heteroatoms. The van der Waals surface area contributed by atoms with E-state index in [4.69, 9.17) is 5.11 Å². The minimum atomic E-state index is -0.881. The first-order valence-corrected chi connectivity index (χ1v) is 7.58. The minimum Gasteiger partial charge on any atom is -0.481 e. The van der Waals surface area contributed by atoms with Gasteiger partial charge in [-0.3, -0.25) is 9.69 Å². The molecule has 3 N–H and O–H groups in total. The summed E-state index contributed by atoms with van der Waals surface area (Å²) in [6.07, 6.45) is 0.979.